The smallest absolute Gasteiger partial charge is 0.341 e. The van der Waals surface area contributed by atoms with Crippen LogP contribution < -0.4 is 5.56 Å². The SMILES string of the molecule is COC(=O)c1cn(CC(C)C)cc2c(=O)n(-c3cccc(C)c3)nc1-2. The molecule has 0 unspecified atom stereocenters. The normalized spacial score (nSPS) is 11.2. The molecule has 0 N–H and O–H groups in total. The summed E-state index contributed by atoms with van der Waals surface area (Å²) >= 11 is 0. The quantitative estimate of drug-likeness (QED) is 0.686. The number of hydrogen-bond donors (Lipinski definition) is 0. The number of nitrogens with zero attached hydrogens (tertiary/aromatic N) is 3. The highest BCUT2D eigenvalue weighted by atomic mass is 16.5. The van der Waals surface area contributed by atoms with Crippen LogP contribution in [0.1, 0.15) is 29.8 Å². The second-order valence-electron chi connectivity index (χ2n) is 6.57. The van der Waals surface area contributed by atoms with Crippen LogP contribution in [0.4, 0.5) is 0 Å². The molecule has 1 aromatic carbocycles. The molecule has 0 fully saturated rings. The fourth-order valence-corrected chi connectivity index (χ4v) is 2.88. The number of ether oxygens (including phenoxy) is 1. The van der Waals surface area contributed by atoms with E-state index in [0.29, 0.717) is 35.0 Å². The lowest BCUT2D eigenvalue weighted by Gasteiger charge is -2.13. The third kappa shape index (κ3) is 3.20. The Balaban J connectivity index is 2.26. The van der Waals surface area contributed by atoms with Crippen molar-refractivity contribution in [1.29, 1.82) is 0 Å². The van der Waals surface area contributed by atoms with Crippen molar-refractivity contribution < 1.29 is 9.53 Å². The molecule has 0 atom stereocenters. The molecule has 6 heteroatoms. The second kappa shape index (κ2) is 6.55. The van der Waals surface area contributed by atoms with Crippen LogP contribution >= 0.6 is 0 Å². The monoisotopic (exact) mass is 339 g/mol. The van der Waals surface area contributed by atoms with Crippen LogP contribution in [0.5, 0.6) is 0 Å². The summed E-state index contributed by atoms with van der Waals surface area (Å²) in [7, 11) is 1.32. The van der Waals surface area contributed by atoms with Crippen molar-refractivity contribution in [1.82, 2.24) is 14.3 Å². The molecule has 0 amide bonds. The van der Waals surface area contributed by atoms with E-state index in [2.05, 4.69) is 18.9 Å². The van der Waals surface area contributed by atoms with Gasteiger partial charge in [0.2, 0.25) is 0 Å². The van der Waals surface area contributed by atoms with Crippen LogP contribution in [0, 0.1) is 12.8 Å². The molecule has 0 radical (unpaired) electrons. The van der Waals surface area contributed by atoms with Crippen molar-refractivity contribution in [3.05, 3.63) is 58.1 Å². The largest absolute Gasteiger partial charge is 0.465 e. The number of carbonyl (C=O) groups excluding carboxylic acids is 1. The van der Waals surface area contributed by atoms with Gasteiger partial charge in [0.05, 0.1) is 18.4 Å². The zero-order valence-electron chi connectivity index (χ0n) is 14.8. The molecule has 25 heavy (non-hydrogen) atoms. The lowest BCUT2D eigenvalue weighted by molar-refractivity contribution is 0.0600. The molecule has 2 aliphatic rings. The van der Waals surface area contributed by atoms with Crippen molar-refractivity contribution in [2.75, 3.05) is 7.11 Å². The summed E-state index contributed by atoms with van der Waals surface area (Å²) in [6.45, 7) is 6.79. The molecule has 3 rings (SSSR count). The maximum Gasteiger partial charge on any atom is 0.341 e. The summed E-state index contributed by atoms with van der Waals surface area (Å²) in [5.74, 6) is -0.133. The Bertz CT molecular complexity index is 953. The summed E-state index contributed by atoms with van der Waals surface area (Å²) in [6.07, 6.45) is 3.45. The fraction of sp³-hybridized carbons (Fsp3) is 0.316. The topological polar surface area (TPSA) is 66.1 Å². The molecule has 1 aromatic rings. The number of aryl methyl sites for hydroxylation is 1. The molecule has 0 saturated carbocycles. The van der Waals surface area contributed by atoms with Gasteiger partial charge < -0.3 is 9.30 Å². The van der Waals surface area contributed by atoms with Crippen LogP contribution in [0.3, 0.4) is 0 Å². The van der Waals surface area contributed by atoms with Crippen molar-refractivity contribution in [2.24, 2.45) is 5.92 Å². The molecule has 2 heterocycles. The third-order valence-electron chi connectivity index (χ3n) is 3.95. The molecule has 0 aromatic heterocycles. The minimum absolute atomic E-state index is 0.246. The first-order chi connectivity index (χ1) is 11.9. The number of rotatable bonds is 4. The van der Waals surface area contributed by atoms with E-state index in [0.717, 1.165) is 5.56 Å². The number of fused-ring (bicyclic) bond motifs is 1. The highest BCUT2D eigenvalue weighted by Gasteiger charge is 2.25. The minimum atomic E-state index is -0.503. The van der Waals surface area contributed by atoms with Gasteiger partial charge in [0.15, 0.2) is 0 Å². The molecule has 0 saturated heterocycles. The lowest BCUT2D eigenvalue weighted by atomic mass is 10.1. The molecule has 130 valence electrons. The van der Waals surface area contributed by atoms with Gasteiger partial charge in [-0.1, -0.05) is 26.0 Å². The van der Waals surface area contributed by atoms with Gasteiger partial charge in [-0.2, -0.15) is 9.78 Å². The maximum atomic E-state index is 12.9. The zero-order chi connectivity index (χ0) is 18.1. The van der Waals surface area contributed by atoms with Gasteiger partial charge in [0.1, 0.15) is 11.3 Å². The number of pyridine rings is 1. The van der Waals surface area contributed by atoms with E-state index in [1.54, 1.807) is 12.4 Å². The first kappa shape index (κ1) is 17.0. The van der Waals surface area contributed by atoms with Gasteiger partial charge >= 0.3 is 5.97 Å². The highest BCUT2D eigenvalue weighted by molar-refractivity contribution is 5.96. The number of methoxy groups -OCH3 is 1. The van der Waals surface area contributed by atoms with Gasteiger partial charge in [0, 0.05) is 18.9 Å². The van der Waals surface area contributed by atoms with Crippen molar-refractivity contribution in [2.45, 2.75) is 27.3 Å². The second-order valence-corrected chi connectivity index (χ2v) is 6.57. The van der Waals surface area contributed by atoms with E-state index in [9.17, 15) is 9.59 Å². The van der Waals surface area contributed by atoms with Gasteiger partial charge in [0.25, 0.3) is 5.56 Å². The third-order valence-corrected chi connectivity index (χ3v) is 3.95. The minimum Gasteiger partial charge on any atom is -0.465 e. The first-order valence-corrected chi connectivity index (χ1v) is 8.19. The molecule has 0 bridgehead atoms. The van der Waals surface area contributed by atoms with Gasteiger partial charge in [-0.05, 0) is 30.5 Å². The standard InChI is InChI=1S/C19H21N3O3/c1-12(2)9-21-10-15-17(16(11-21)19(24)25-4)20-22(18(15)23)14-7-5-6-13(3)8-14/h5-8,10-12H,9H2,1-4H3. The summed E-state index contributed by atoms with van der Waals surface area (Å²) in [6, 6.07) is 7.53. The Labute approximate surface area is 146 Å². The Morgan fingerprint density at radius 3 is 2.68 bits per heavy atom. The Morgan fingerprint density at radius 2 is 2.04 bits per heavy atom. The summed E-state index contributed by atoms with van der Waals surface area (Å²) < 4.78 is 8.06. The molecular formula is C19H21N3O3. The fourth-order valence-electron chi connectivity index (χ4n) is 2.88. The molecule has 0 aliphatic carbocycles. The van der Waals surface area contributed by atoms with E-state index in [-0.39, 0.29) is 5.56 Å². The van der Waals surface area contributed by atoms with Crippen LogP contribution in [0.15, 0.2) is 41.5 Å². The van der Waals surface area contributed by atoms with E-state index >= 15 is 0 Å². The average Bonchev–Trinajstić information content (AvgIpc) is 2.90. The maximum absolute atomic E-state index is 12.9. The number of carbonyl (C=O) groups is 1. The van der Waals surface area contributed by atoms with E-state index in [1.807, 2.05) is 35.8 Å². The van der Waals surface area contributed by atoms with Crippen LogP contribution in [0.25, 0.3) is 16.9 Å². The molecule has 0 spiro atoms. The van der Waals surface area contributed by atoms with Crippen molar-refractivity contribution in [3.63, 3.8) is 0 Å². The van der Waals surface area contributed by atoms with Gasteiger partial charge in [-0.15, -0.1) is 0 Å². The predicted molar refractivity (Wildman–Crippen MR) is 95.4 cm³/mol. The summed E-state index contributed by atoms with van der Waals surface area (Å²) in [4.78, 5) is 25.1. The first-order valence-electron chi connectivity index (χ1n) is 8.19. The average molecular weight is 339 g/mol. The summed E-state index contributed by atoms with van der Waals surface area (Å²) in [5.41, 5.74) is 2.52. The lowest BCUT2D eigenvalue weighted by Crippen LogP contribution is -2.16. The van der Waals surface area contributed by atoms with Crippen LogP contribution in [-0.4, -0.2) is 27.4 Å². The Kier molecular flexibility index (Phi) is 4.44. The van der Waals surface area contributed by atoms with Crippen molar-refractivity contribution in [3.8, 4) is 16.9 Å². The number of hydrogen-bond acceptors (Lipinski definition) is 4. The van der Waals surface area contributed by atoms with E-state index in [4.69, 9.17) is 4.74 Å². The van der Waals surface area contributed by atoms with Gasteiger partial charge in [-0.25, -0.2) is 4.79 Å². The number of aromatic nitrogens is 3. The Hall–Kier alpha value is -2.89. The Morgan fingerprint density at radius 1 is 1.28 bits per heavy atom. The van der Waals surface area contributed by atoms with Gasteiger partial charge in [-0.3, -0.25) is 4.79 Å². The molecular weight excluding hydrogens is 318 g/mol. The van der Waals surface area contributed by atoms with E-state index < -0.39 is 5.97 Å². The zero-order valence-corrected chi connectivity index (χ0v) is 14.8. The van der Waals surface area contributed by atoms with E-state index in [1.165, 1.54) is 11.8 Å². The number of benzene rings is 1. The van der Waals surface area contributed by atoms with Crippen LogP contribution in [-0.2, 0) is 11.3 Å². The highest BCUT2D eigenvalue weighted by Crippen LogP contribution is 2.23. The molecule has 6 nitrogen and oxygen atoms in total. The number of esters is 1. The summed E-state index contributed by atoms with van der Waals surface area (Å²) in [5, 5.41) is 4.40. The predicted octanol–water partition coefficient (Wildman–Crippen LogP) is 2.89. The van der Waals surface area contributed by atoms with Crippen LogP contribution in [0.2, 0.25) is 0 Å². The van der Waals surface area contributed by atoms with Crippen molar-refractivity contribution >= 4 is 5.97 Å². The molecule has 2 aliphatic heterocycles.